The highest BCUT2D eigenvalue weighted by Crippen LogP contribution is 2.32. The lowest BCUT2D eigenvalue weighted by Crippen LogP contribution is -2.26. The van der Waals surface area contributed by atoms with Crippen LogP contribution in [0, 0.1) is 6.92 Å². The monoisotopic (exact) mass is 283 g/mol. The van der Waals surface area contributed by atoms with Crippen molar-refractivity contribution in [2.45, 2.75) is 13.5 Å². The van der Waals surface area contributed by atoms with Crippen molar-refractivity contribution < 1.29 is 14.3 Å². The van der Waals surface area contributed by atoms with Gasteiger partial charge >= 0.3 is 0 Å². The maximum Gasteiger partial charge on any atom is 0.254 e. The molecule has 1 heterocycles. The molecule has 0 unspecified atom stereocenters. The van der Waals surface area contributed by atoms with Crippen LogP contribution in [0.2, 0.25) is 0 Å². The lowest BCUT2D eigenvalue weighted by atomic mass is 10.1. The Morgan fingerprint density at radius 1 is 1.14 bits per heavy atom. The van der Waals surface area contributed by atoms with Crippen LogP contribution >= 0.6 is 0 Å². The minimum absolute atomic E-state index is 0.0310. The van der Waals surface area contributed by atoms with Crippen molar-refractivity contribution in [3.8, 4) is 11.5 Å². The molecule has 0 atom stereocenters. The molecule has 1 amide bonds. The highest BCUT2D eigenvalue weighted by atomic mass is 16.7. The zero-order valence-corrected chi connectivity index (χ0v) is 12.1. The van der Waals surface area contributed by atoms with Crippen molar-refractivity contribution in [2.24, 2.45) is 0 Å². The van der Waals surface area contributed by atoms with Gasteiger partial charge in [-0.3, -0.25) is 4.79 Å². The van der Waals surface area contributed by atoms with Gasteiger partial charge in [-0.25, -0.2) is 0 Å². The van der Waals surface area contributed by atoms with Crippen molar-refractivity contribution in [2.75, 3.05) is 13.8 Å². The Morgan fingerprint density at radius 3 is 2.71 bits per heavy atom. The zero-order chi connectivity index (χ0) is 14.8. The van der Waals surface area contributed by atoms with Crippen molar-refractivity contribution in [3.63, 3.8) is 0 Å². The molecule has 108 valence electrons. The summed E-state index contributed by atoms with van der Waals surface area (Å²) in [5, 5.41) is 0. The van der Waals surface area contributed by atoms with E-state index in [9.17, 15) is 4.79 Å². The Labute approximate surface area is 123 Å². The molecular formula is C17H17NO3. The molecule has 0 aliphatic carbocycles. The molecule has 0 aromatic heterocycles. The van der Waals surface area contributed by atoms with Crippen molar-refractivity contribution in [3.05, 3.63) is 59.2 Å². The van der Waals surface area contributed by atoms with Gasteiger partial charge in [0, 0.05) is 19.2 Å². The number of benzene rings is 2. The second-order valence-electron chi connectivity index (χ2n) is 5.16. The Bertz CT molecular complexity index is 681. The first kappa shape index (κ1) is 13.5. The average molecular weight is 283 g/mol. The summed E-state index contributed by atoms with van der Waals surface area (Å²) < 4.78 is 10.6. The molecule has 4 heteroatoms. The summed E-state index contributed by atoms with van der Waals surface area (Å²) in [5.74, 6) is 1.29. The molecule has 0 spiro atoms. The molecule has 0 bridgehead atoms. The molecule has 21 heavy (non-hydrogen) atoms. The second-order valence-corrected chi connectivity index (χ2v) is 5.16. The van der Waals surface area contributed by atoms with Gasteiger partial charge in [0.1, 0.15) is 0 Å². The molecule has 0 fully saturated rings. The zero-order valence-electron chi connectivity index (χ0n) is 12.1. The fraction of sp³-hybridized carbons (Fsp3) is 0.235. The number of carbonyl (C=O) groups excluding carboxylic acids is 1. The predicted octanol–water partition coefficient (Wildman–Crippen LogP) is 3.00. The summed E-state index contributed by atoms with van der Waals surface area (Å²) in [7, 11) is 1.80. The molecule has 0 radical (unpaired) electrons. The fourth-order valence-corrected chi connectivity index (χ4v) is 2.36. The number of aryl methyl sites for hydroxylation is 1. The van der Waals surface area contributed by atoms with Crippen LogP contribution in [0.15, 0.2) is 42.5 Å². The lowest BCUT2D eigenvalue weighted by Gasteiger charge is -2.18. The van der Waals surface area contributed by atoms with Gasteiger partial charge in [0.25, 0.3) is 5.91 Å². The molecule has 0 saturated carbocycles. The molecule has 4 nitrogen and oxygen atoms in total. The van der Waals surface area contributed by atoms with Crippen LogP contribution in [0.5, 0.6) is 11.5 Å². The molecule has 2 aromatic rings. The van der Waals surface area contributed by atoms with Crippen molar-refractivity contribution >= 4 is 5.91 Å². The molecule has 0 N–H and O–H groups in total. The first-order valence-electron chi connectivity index (χ1n) is 6.85. The molecule has 0 saturated heterocycles. The van der Waals surface area contributed by atoms with E-state index in [-0.39, 0.29) is 12.7 Å². The highest BCUT2D eigenvalue weighted by molar-refractivity contribution is 5.94. The third-order valence-corrected chi connectivity index (χ3v) is 3.63. The van der Waals surface area contributed by atoms with Crippen LogP contribution in [0.4, 0.5) is 0 Å². The van der Waals surface area contributed by atoms with Gasteiger partial charge in [-0.2, -0.15) is 0 Å². The minimum atomic E-state index is -0.0310. The van der Waals surface area contributed by atoms with E-state index in [1.165, 1.54) is 5.56 Å². The van der Waals surface area contributed by atoms with E-state index in [4.69, 9.17) is 9.47 Å². The van der Waals surface area contributed by atoms with Gasteiger partial charge in [0.2, 0.25) is 6.79 Å². The van der Waals surface area contributed by atoms with Crippen LogP contribution < -0.4 is 9.47 Å². The summed E-state index contributed by atoms with van der Waals surface area (Å²) in [6.45, 7) is 2.85. The van der Waals surface area contributed by atoms with E-state index in [1.807, 2.05) is 31.2 Å². The minimum Gasteiger partial charge on any atom is -0.454 e. The van der Waals surface area contributed by atoms with Crippen LogP contribution in [0.3, 0.4) is 0 Å². The molecule has 1 aliphatic heterocycles. The van der Waals surface area contributed by atoms with E-state index in [0.717, 1.165) is 5.56 Å². The molecular weight excluding hydrogens is 266 g/mol. The second kappa shape index (κ2) is 5.48. The first-order valence-corrected chi connectivity index (χ1v) is 6.85. The van der Waals surface area contributed by atoms with Gasteiger partial charge in [0.15, 0.2) is 11.5 Å². The van der Waals surface area contributed by atoms with Gasteiger partial charge in [0.05, 0.1) is 0 Å². The molecule has 3 rings (SSSR count). The van der Waals surface area contributed by atoms with Crippen LogP contribution in [0.1, 0.15) is 21.5 Å². The van der Waals surface area contributed by atoms with E-state index >= 15 is 0 Å². The topological polar surface area (TPSA) is 38.8 Å². The summed E-state index contributed by atoms with van der Waals surface area (Å²) in [4.78, 5) is 14.2. The Hall–Kier alpha value is -2.49. The predicted molar refractivity (Wildman–Crippen MR) is 79.5 cm³/mol. The smallest absolute Gasteiger partial charge is 0.254 e. The number of fused-ring (bicyclic) bond motifs is 1. The SMILES string of the molecule is Cc1ccccc1CN(C)C(=O)c1ccc2c(c1)OCO2. The van der Waals surface area contributed by atoms with E-state index in [2.05, 4.69) is 0 Å². The third kappa shape index (κ3) is 2.70. The number of hydrogen-bond donors (Lipinski definition) is 0. The molecule has 1 aliphatic rings. The van der Waals surface area contributed by atoms with Gasteiger partial charge in [-0.15, -0.1) is 0 Å². The summed E-state index contributed by atoms with van der Waals surface area (Å²) >= 11 is 0. The first-order chi connectivity index (χ1) is 10.1. The summed E-state index contributed by atoms with van der Waals surface area (Å²) in [5.41, 5.74) is 2.94. The van der Waals surface area contributed by atoms with E-state index < -0.39 is 0 Å². The maximum atomic E-state index is 12.5. The standard InChI is InChI=1S/C17H17NO3/c1-12-5-3-4-6-14(12)10-18(2)17(19)13-7-8-15-16(9-13)21-11-20-15/h3-9H,10-11H2,1-2H3. The van der Waals surface area contributed by atoms with E-state index in [1.54, 1.807) is 30.1 Å². The number of nitrogens with zero attached hydrogens (tertiary/aromatic N) is 1. The Balaban J connectivity index is 1.77. The average Bonchev–Trinajstić information content (AvgIpc) is 2.96. The molecule has 2 aromatic carbocycles. The Morgan fingerprint density at radius 2 is 1.90 bits per heavy atom. The van der Waals surface area contributed by atoms with Crippen molar-refractivity contribution in [1.29, 1.82) is 0 Å². The van der Waals surface area contributed by atoms with Crippen molar-refractivity contribution in [1.82, 2.24) is 4.90 Å². The lowest BCUT2D eigenvalue weighted by molar-refractivity contribution is 0.0784. The number of amides is 1. The van der Waals surface area contributed by atoms with Crippen LogP contribution in [-0.4, -0.2) is 24.6 Å². The normalized spacial score (nSPS) is 12.3. The van der Waals surface area contributed by atoms with Gasteiger partial charge < -0.3 is 14.4 Å². The third-order valence-electron chi connectivity index (χ3n) is 3.63. The van der Waals surface area contributed by atoms with Crippen LogP contribution in [-0.2, 0) is 6.54 Å². The largest absolute Gasteiger partial charge is 0.454 e. The van der Waals surface area contributed by atoms with Gasteiger partial charge in [-0.1, -0.05) is 24.3 Å². The quantitative estimate of drug-likeness (QED) is 0.869. The Kier molecular flexibility index (Phi) is 3.52. The summed E-state index contributed by atoms with van der Waals surface area (Å²) in [6.07, 6.45) is 0. The van der Waals surface area contributed by atoms with E-state index in [0.29, 0.717) is 23.6 Å². The highest BCUT2D eigenvalue weighted by Gasteiger charge is 2.18. The number of rotatable bonds is 3. The maximum absolute atomic E-state index is 12.5. The number of hydrogen-bond acceptors (Lipinski definition) is 3. The van der Waals surface area contributed by atoms with Crippen LogP contribution in [0.25, 0.3) is 0 Å². The summed E-state index contributed by atoms with van der Waals surface area (Å²) in [6, 6.07) is 13.4. The fourth-order valence-electron chi connectivity index (χ4n) is 2.36. The number of ether oxygens (including phenoxy) is 2. The number of carbonyl (C=O) groups is 1. The van der Waals surface area contributed by atoms with Gasteiger partial charge in [-0.05, 0) is 36.2 Å².